The lowest BCUT2D eigenvalue weighted by molar-refractivity contribution is 0.114. The lowest BCUT2D eigenvalue weighted by Crippen LogP contribution is -2.41. The van der Waals surface area contributed by atoms with E-state index in [4.69, 9.17) is 4.74 Å². The van der Waals surface area contributed by atoms with Gasteiger partial charge in [-0.15, -0.1) is 0 Å². The van der Waals surface area contributed by atoms with Gasteiger partial charge in [-0.1, -0.05) is 5.92 Å². The second-order valence-corrected chi connectivity index (χ2v) is 3.31. The lowest BCUT2D eigenvalue weighted by atomic mass is 10.2. The first-order valence-corrected chi connectivity index (χ1v) is 4.41. The van der Waals surface area contributed by atoms with Gasteiger partial charge in [-0.25, -0.2) is 4.79 Å². The molecular weight excluding hydrogens is 166 g/mol. The molecule has 74 valence electrons. The molecule has 1 amide bonds. The number of ether oxygens (including phenoxy) is 1. The second-order valence-electron chi connectivity index (χ2n) is 3.31. The minimum absolute atomic E-state index is 0.131. The van der Waals surface area contributed by atoms with Gasteiger partial charge in [0.15, 0.2) is 0 Å². The fraction of sp³-hybridized carbons (Fsp3) is 0.700. The Morgan fingerprint density at radius 1 is 1.23 bits per heavy atom. The van der Waals surface area contributed by atoms with Crippen LogP contribution in [0.25, 0.3) is 0 Å². The quantitative estimate of drug-likeness (QED) is 0.614. The van der Waals surface area contributed by atoms with Crippen LogP contribution in [0.5, 0.6) is 0 Å². The molecule has 0 aromatic heterocycles. The number of carbonyl (C=O) groups is 1. The van der Waals surface area contributed by atoms with Crippen molar-refractivity contribution in [1.29, 1.82) is 0 Å². The molecule has 0 rings (SSSR count). The summed E-state index contributed by atoms with van der Waals surface area (Å²) < 4.78 is 4.70. The van der Waals surface area contributed by atoms with E-state index in [1.165, 1.54) is 0 Å². The highest BCUT2D eigenvalue weighted by molar-refractivity contribution is 5.69. The van der Waals surface area contributed by atoms with Gasteiger partial charge < -0.3 is 9.64 Å². The summed E-state index contributed by atoms with van der Waals surface area (Å²) in [5.74, 6) is 2.51. The first kappa shape index (κ1) is 11.8. The van der Waals surface area contributed by atoms with Crippen molar-refractivity contribution < 1.29 is 9.53 Å². The molecule has 0 saturated heterocycles. The predicted octanol–water partition coefficient (Wildman–Crippen LogP) is 2.22. The van der Waals surface area contributed by atoms with E-state index in [1.807, 2.05) is 27.7 Å². The molecule has 0 heterocycles. The van der Waals surface area contributed by atoms with E-state index in [9.17, 15) is 4.79 Å². The summed E-state index contributed by atoms with van der Waals surface area (Å²) in [4.78, 5) is 13.0. The molecule has 0 aliphatic heterocycles. The maximum absolute atomic E-state index is 11.4. The van der Waals surface area contributed by atoms with Crippen LogP contribution in [0.2, 0.25) is 0 Å². The van der Waals surface area contributed by atoms with Crippen LogP contribution in [-0.4, -0.2) is 23.1 Å². The Kier molecular flexibility index (Phi) is 4.98. The summed E-state index contributed by atoms with van der Waals surface area (Å²) in [6.07, 6.45) is 1.92. The van der Waals surface area contributed by atoms with E-state index < -0.39 is 0 Å². The Labute approximate surface area is 80.1 Å². The monoisotopic (exact) mass is 183 g/mol. The smallest absolute Gasteiger partial charge is 0.356 e. The summed E-state index contributed by atoms with van der Waals surface area (Å²) in [5, 5.41) is 0. The molecule has 0 aromatic rings. The van der Waals surface area contributed by atoms with Gasteiger partial charge in [0, 0.05) is 19.0 Å². The van der Waals surface area contributed by atoms with Gasteiger partial charge in [-0.3, -0.25) is 0 Å². The molecule has 0 unspecified atom stereocenters. The summed E-state index contributed by atoms with van der Waals surface area (Å²) in [7, 11) is 0. The Bertz CT molecular complexity index is 215. The molecule has 0 aliphatic carbocycles. The average molecular weight is 183 g/mol. The molecule has 3 heteroatoms. The molecule has 3 nitrogen and oxygen atoms in total. The minimum atomic E-state index is -0.376. The lowest BCUT2D eigenvalue weighted by Gasteiger charge is -2.28. The van der Waals surface area contributed by atoms with Gasteiger partial charge in [-0.2, -0.15) is 0 Å². The van der Waals surface area contributed by atoms with E-state index in [0.29, 0.717) is 0 Å². The highest BCUT2D eigenvalue weighted by atomic mass is 16.5. The average Bonchev–Trinajstić information content (AvgIpc) is 1.99. The van der Waals surface area contributed by atoms with Crippen LogP contribution in [-0.2, 0) is 4.74 Å². The zero-order valence-electron chi connectivity index (χ0n) is 8.92. The molecular formula is C10H17NO2. The Balaban J connectivity index is 4.35. The maximum atomic E-state index is 11.4. The number of rotatable bonds is 2. The maximum Gasteiger partial charge on any atom is 0.424 e. The molecule has 0 atom stereocenters. The standard InChI is InChI=1S/C10H17NO2/c1-6-7-13-10(12)11(8(2)3)9(4)5/h8-9H,1-5H3. The van der Waals surface area contributed by atoms with Crippen molar-refractivity contribution in [2.24, 2.45) is 0 Å². The second kappa shape index (κ2) is 5.47. The molecule has 0 aliphatic rings. The predicted molar refractivity (Wildman–Crippen MR) is 52.0 cm³/mol. The van der Waals surface area contributed by atoms with Gasteiger partial charge in [0.1, 0.15) is 6.11 Å². The Morgan fingerprint density at radius 3 is 2.00 bits per heavy atom. The molecule has 0 spiro atoms. The van der Waals surface area contributed by atoms with Gasteiger partial charge >= 0.3 is 6.09 Å². The van der Waals surface area contributed by atoms with E-state index in [-0.39, 0.29) is 18.2 Å². The molecule has 13 heavy (non-hydrogen) atoms. The van der Waals surface area contributed by atoms with Gasteiger partial charge in [0.25, 0.3) is 0 Å². The van der Waals surface area contributed by atoms with E-state index in [2.05, 4.69) is 12.0 Å². The van der Waals surface area contributed by atoms with E-state index in [1.54, 1.807) is 11.8 Å². The molecule has 0 fully saturated rings. The first-order chi connectivity index (χ1) is 6.00. The van der Waals surface area contributed by atoms with Crippen LogP contribution < -0.4 is 0 Å². The zero-order chi connectivity index (χ0) is 10.4. The van der Waals surface area contributed by atoms with Gasteiger partial charge in [0.05, 0.1) is 0 Å². The van der Waals surface area contributed by atoms with Crippen molar-refractivity contribution in [3.05, 3.63) is 0 Å². The molecule has 0 saturated carbocycles. The van der Waals surface area contributed by atoms with Crippen LogP contribution in [0, 0.1) is 12.0 Å². The molecule has 0 aromatic carbocycles. The van der Waals surface area contributed by atoms with E-state index in [0.717, 1.165) is 0 Å². The third-order valence-corrected chi connectivity index (χ3v) is 1.56. The normalized spacial score (nSPS) is 9.46. The van der Waals surface area contributed by atoms with Crippen molar-refractivity contribution in [2.75, 3.05) is 0 Å². The molecule has 0 radical (unpaired) electrons. The van der Waals surface area contributed by atoms with Gasteiger partial charge in [-0.05, 0) is 27.7 Å². The number of nitrogens with zero attached hydrogens (tertiary/aromatic N) is 1. The van der Waals surface area contributed by atoms with Gasteiger partial charge in [0.2, 0.25) is 0 Å². The van der Waals surface area contributed by atoms with Crippen molar-refractivity contribution >= 4 is 6.09 Å². The molecule has 0 N–H and O–H groups in total. The van der Waals surface area contributed by atoms with Crippen LogP contribution in [0.3, 0.4) is 0 Å². The first-order valence-electron chi connectivity index (χ1n) is 4.41. The third-order valence-electron chi connectivity index (χ3n) is 1.56. The van der Waals surface area contributed by atoms with E-state index >= 15 is 0 Å². The van der Waals surface area contributed by atoms with Crippen LogP contribution >= 0.6 is 0 Å². The summed E-state index contributed by atoms with van der Waals surface area (Å²) in [6.45, 7) is 9.41. The number of hydrogen-bond acceptors (Lipinski definition) is 2. The van der Waals surface area contributed by atoms with Crippen molar-refractivity contribution in [1.82, 2.24) is 4.90 Å². The highest BCUT2D eigenvalue weighted by Gasteiger charge is 2.20. The Hall–Kier alpha value is -1.17. The third kappa shape index (κ3) is 3.84. The van der Waals surface area contributed by atoms with Crippen molar-refractivity contribution in [3.8, 4) is 12.0 Å². The van der Waals surface area contributed by atoms with Crippen molar-refractivity contribution in [3.63, 3.8) is 0 Å². The minimum Gasteiger partial charge on any atom is -0.356 e. The summed E-state index contributed by atoms with van der Waals surface area (Å²) in [5.41, 5.74) is 0. The topological polar surface area (TPSA) is 29.5 Å². The van der Waals surface area contributed by atoms with Crippen LogP contribution in [0.4, 0.5) is 4.79 Å². The SMILES string of the molecule is CC#COC(=O)N(C(C)C)C(C)C. The largest absolute Gasteiger partial charge is 0.424 e. The summed E-state index contributed by atoms with van der Waals surface area (Å²) >= 11 is 0. The fourth-order valence-electron chi connectivity index (χ4n) is 1.17. The number of carbonyl (C=O) groups excluding carboxylic acids is 1. The fourth-order valence-corrected chi connectivity index (χ4v) is 1.17. The Morgan fingerprint density at radius 2 is 1.69 bits per heavy atom. The van der Waals surface area contributed by atoms with Crippen LogP contribution in [0.15, 0.2) is 0 Å². The number of amides is 1. The van der Waals surface area contributed by atoms with Crippen molar-refractivity contribution in [2.45, 2.75) is 46.7 Å². The van der Waals surface area contributed by atoms with Crippen LogP contribution in [0.1, 0.15) is 34.6 Å². The zero-order valence-corrected chi connectivity index (χ0v) is 8.92. The summed E-state index contributed by atoms with van der Waals surface area (Å²) in [6, 6.07) is 0.261. The highest BCUT2D eigenvalue weighted by Crippen LogP contribution is 2.06. The number of hydrogen-bond donors (Lipinski definition) is 0. The molecule has 0 bridgehead atoms.